The molecule has 0 unspecified atom stereocenters. The van der Waals surface area contributed by atoms with E-state index in [0.717, 1.165) is 31.2 Å². The predicted octanol–water partition coefficient (Wildman–Crippen LogP) is 3.56. The summed E-state index contributed by atoms with van der Waals surface area (Å²) in [6.45, 7) is 9.65. The van der Waals surface area contributed by atoms with Crippen LogP contribution >= 0.6 is 0 Å². The zero-order chi connectivity index (χ0) is 16.7. The van der Waals surface area contributed by atoms with Crippen LogP contribution in [-0.4, -0.2) is 35.1 Å². The summed E-state index contributed by atoms with van der Waals surface area (Å²) in [7, 11) is 1.74. The fourth-order valence-corrected chi connectivity index (χ4v) is 2.39. The Bertz CT molecular complexity index is 596. The minimum absolute atomic E-state index is 0.347. The largest absolute Gasteiger partial charge is 0.383 e. The lowest BCUT2D eigenvalue weighted by Crippen LogP contribution is -2.27. The highest BCUT2D eigenvalue weighted by atomic mass is 16.5. The van der Waals surface area contributed by atoms with Gasteiger partial charge in [-0.2, -0.15) is 0 Å². The number of methoxy groups -OCH3 is 1. The summed E-state index contributed by atoms with van der Waals surface area (Å²) in [6, 6.07) is 10.7. The normalized spacial score (nSPS) is 11.4. The first-order valence-electron chi connectivity index (χ1n) is 8.17. The molecule has 2 rings (SSSR count). The van der Waals surface area contributed by atoms with Crippen LogP contribution in [0.4, 0.5) is 0 Å². The average molecular weight is 313 g/mol. The van der Waals surface area contributed by atoms with E-state index in [1.807, 2.05) is 12.3 Å². The van der Waals surface area contributed by atoms with Gasteiger partial charge in [0, 0.05) is 38.9 Å². The maximum Gasteiger partial charge on any atom is 0.131 e. The minimum Gasteiger partial charge on any atom is -0.383 e. The maximum absolute atomic E-state index is 5.25. The topological polar surface area (TPSA) is 38.2 Å². The van der Waals surface area contributed by atoms with Crippen molar-refractivity contribution in [1.82, 2.24) is 14.9 Å². The number of hydrogen-bond donors (Lipinski definition) is 0. The molecule has 1 aromatic carbocycles. The molecule has 0 saturated heterocycles. The molecule has 0 bridgehead atoms. The fraction of sp³-hybridized carbons (Fsp3) is 0.474. The van der Waals surface area contributed by atoms with E-state index < -0.39 is 0 Å². The number of hydrogen-bond acceptors (Lipinski definition) is 4. The van der Waals surface area contributed by atoms with Crippen molar-refractivity contribution in [2.24, 2.45) is 0 Å². The summed E-state index contributed by atoms with van der Waals surface area (Å²) in [5.74, 6) is 1.25. The lowest BCUT2D eigenvalue weighted by molar-refractivity contribution is 0.139. The van der Waals surface area contributed by atoms with Gasteiger partial charge in [-0.15, -0.1) is 0 Å². The van der Waals surface area contributed by atoms with Crippen LogP contribution in [0.25, 0.3) is 0 Å². The van der Waals surface area contributed by atoms with Crippen molar-refractivity contribution in [3.8, 4) is 0 Å². The van der Waals surface area contributed by atoms with Crippen molar-refractivity contribution >= 4 is 0 Å². The Hall–Kier alpha value is -1.78. The van der Waals surface area contributed by atoms with E-state index in [-0.39, 0.29) is 0 Å². The summed E-state index contributed by atoms with van der Waals surface area (Å²) in [5.41, 5.74) is 3.66. The molecule has 2 aromatic rings. The van der Waals surface area contributed by atoms with Crippen LogP contribution in [0.1, 0.15) is 42.4 Å². The summed E-state index contributed by atoms with van der Waals surface area (Å²) >= 11 is 0. The molecule has 0 aliphatic heterocycles. The second kappa shape index (κ2) is 8.75. The molecule has 0 atom stereocenters. The first kappa shape index (κ1) is 17.6. The second-order valence-corrected chi connectivity index (χ2v) is 6.25. The Balaban J connectivity index is 2.08. The average Bonchev–Trinajstić information content (AvgIpc) is 2.55. The van der Waals surface area contributed by atoms with Crippen LogP contribution < -0.4 is 0 Å². The van der Waals surface area contributed by atoms with E-state index in [1.165, 1.54) is 11.1 Å². The molecule has 124 valence electrons. The number of nitrogens with zero attached hydrogens (tertiary/aromatic N) is 3. The molecule has 0 radical (unpaired) electrons. The molecule has 4 heteroatoms. The standard InChI is InChI=1S/C19H27N3O/c1-15(2)19-20-10-9-18(21-19)14-22(11-12-23-4)13-17-7-5-16(3)6-8-17/h5-10,15H,11-14H2,1-4H3. The number of rotatable bonds is 8. The van der Waals surface area contributed by atoms with E-state index in [4.69, 9.17) is 4.74 Å². The zero-order valence-electron chi connectivity index (χ0n) is 14.6. The molecule has 0 amide bonds. The predicted molar refractivity (Wildman–Crippen MR) is 93.3 cm³/mol. The molecule has 23 heavy (non-hydrogen) atoms. The number of aryl methyl sites for hydroxylation is 1. The van der Waals surface area contributed by atoms with E-state index in [0.29, 0.717) is 12.5 Å². The third-order valence-electron chi connectivity index (χ3n) is 3.77. The first-order chi connectivity index (χ1) is 11.1. The molecular formula is C19H27N3O. The van der Waals surface area contributed by atoms with Crippen LogP contribution in [-0.2, 0) is 17.8 Å². The van der Waals surface area contributed by atoms with Gasteiger partial charge in [0.1, 0.15) is 5.82 Å². The van der Waals surface area contributed by atoms with E-state index in [1.54, 1.807) is 7.11 Å². The third-order valence-corrected chi connectivity index (χ3v) is 3.77. The van der Waals surface area contributed by atoms with Crippen molar-refractivity contribution in [2.75, 3.05) is 20.3 Å². The number of aromatic nitrogens is 2. The van der Waals surface area contributed by atoms with E-state index in [9.17, 15) is 0 Å². The molecule has 1 aromatic heterocycles. The molecule has 0 fully saturated rings. The highest BCUT2D eigenvalue weighted by Crippen LogP contribution is 2.12. The molecule has 0 saturated carbocycles. The Morgan fingerprint density at radius 1 is 1.09 bits per heavy atom. The van der Waals surface area contributed by atoms with Gasteiger partial charge in [-0.25, -0.2) is 9.97 Å². The second-order valence-electron chi connectivity index (χ2n) is 6.25. The van der Waals surface area contributed by atoms with Gasteiger partial charge < -0.3 is 4.74 Å². The lowest BCUT2D eigenvalue weighted by atomic mass is 10.1. The fourth-order valence-electron chi connectivity index (χ4n) is 2.39. The molecule has 4 nitrogen and oxygen atoms in total. The van der Waals surface area contributed by atoms with E-state index in [2.05, 4.69) is 59.9 Å². The Labute approximate surface area is 139 Å². The summed E-state index contributed by atoms with van der Waals surface area (Å²) in [6.07, 6.45) is 1.86. The highest BCUT2D eigenvalue weighted by molar-refractivity contribution is 5.21. The van der Waals surface area contributed by atoms with Crippen LogP contribution in [0.5, 0.6) is 0 Å². The lowest BCUT2D eigenvalue weighted by Gasteiger charge is -2.22. The summed E-state index contributed by atoms with van der Waals surface area (Å²) < 4.78 is 5.25. The van der Waals surface area contributed by atoms with Gasteiger partial charge >= 0.3 is 0 Å². The molecule has 0 N–H and O–H groups in total. The molecule has 0 spiro atoms. The third kappa shape index (κ3) is 5.73. The van der Waals surface area contributed by atoms with Crippen LogP contribution in [0.3, 0.4) is 0 Å². The first-order valence-corrected chi connectivity index (χ1v) is 8.17. The number of benzene rings is 1. The zero-order valence-corrected chi connectivity index (χ0v) is 14.6. The van der Waals surface area contributed by atoms with Crippen LogP contribution in [0.2, 0.25) is 0 Å². The molecule has 0 aliphatic carbocycles. The maximum atomic E-state index is 5.25. The van der Waals surface area contributed by atoms with Gasteiger partial charge in [-0.05, 0) is 18.6 Å². The van der Waals surface area contributed by atoms with Gasteiger partial charge in [-0.1, -0.05) is 43.7 Å². The van der Waals surface area contributed by atoms with Crippen LogP contribution in [0.15, 0.2) is 36.5 Å². The highest BCUT2D eigenvalue weighted by Gasteiger charge is 2.10. The van der Waals surface area contributed by atoms with Crippen LogP contribution in [0, 0.1) is 6.92 Å². The SMILES string of the molecule is COCCN(Cc1ccc(C)cc1)Cc1ccnc(C(C)C)n1. The van der Waals surface area contributed by atoms with Gasteiger partial charge in [0.15, 0.2) is 0 Å². The smallest absolute Gasteiger partial charge is 0.131 e. The van der Waals surface area contributed by atoms with Gasteiger partial charge in [0.05, 0.1) is 12.3 Å². The van der Waals surface area contributed by atoms with Crippen molar-refractivity contribution in [3.63, 3.8) is 0 Å². The molecular weight excluding hydrogens is 286 g/mol. The van der Waals surface area contributed by atoms with Gasteiger partial charge in [0.25, 0.3) is 0 Å². The summed E-state index contributed by atoms with van der Waals surface area (Å²) in [5, 5.41) is 0. The van der Waals surface area contributed by atoms with Crippen molar-refractivity contribution in [1.29, 1.82) is 0 Å². The van der Waals surface area contributed by atoms with Gasteiger partial charge in [0.2, 0.25) is 0 Å². The van der Waals surface area contributed by atoms with Crippen molar-refractivity contribution in [2.45, 2.75) is 39.8 Å². The van der Waals surface area contributed by atoms with E-state index >= 15 is 0 Å². The Morgan fingerprint density at radius 3 is 2.48 bits per heavy atom. The Kier molecular flexibility index (Phi) is 6.68. The molecule has 1 heterocycles. The minimum atomic E-state index is 0.347. The Morgan fingerprint density at radius 2 is 1.83 bits per heavy atom. The van der Waals surface area contributed by atoms with Gasteiger partial charge in [-0.3, -0.25) is 4.90 Å². The number of ether oxygens (including phenoxy) is 1. The monoisotopic (exact) mass is 313 g/mol. The van der Waals surface area contributed by atoms with Crippen molar-refractivity contribution in [3.05, 3.63) is 59.2 Å². The summed E-state index contributed by atoms with van der Waals surface area (Å²) in [4.78, 5) is 11.4. The molecule has 0 aliphatic rings. The quantitative estimate of drug-likeness (QED) is 0.747. The van der Waals surface area contributed by atoms with Crippen molar-refractivity contribution < 1.29 is 4.74 Å².